The second-order valence-corrected chi connectivity index (χ2v) is 10.4. The predicted molar refractivity (Wildman–Crippen MR) is 125 cm³/mol. The minimum atomic E-state index is -0.391. The van der Waals surface area contributed by atoms with E-state index in [1.807, 2.05) is 0 Å². The molecule has 0 N–H and O–H groups in total. The number of rotatable bonds is 13. The molecule has 0 amide bonds. The predicted octanol–water partition coefficient (Wildman–Crippen LogP) is 6.38. The molecule has 4 nitrogen and oxygen atoms in total. The van der Waals surface area contributed by atoms with E-state index in [1.165, 1.54) is 16.7 Å². The standard InChI is InChI=1S/C26H46O4/c1-12-20-17-21(25(6,7)29-15-13-23(2,3)27-10)19-22(18-20)26(8,9)30-16-14-24(4,5)28-11/h17-19H,12-16H2,1-11H3. The first-order valence-electron chi connectivity index (χ1n) is 11.2. The highest BCUT2D eigenvalue weighted by Gasteiger charge is 2.29. The zero-order valence-corrected chi connectivity index (χ0v) is 21.4. The Morgan fingerprint density at radius 1 is 0.633 bits per heavy atom. The largest absolute Gasteiger partial charge is 0.379 e. The molecule has 0 saturated carbocycles. The summed E-state index contributed by atoms with van der Waals surface area (Å²) in [7, 11) is 3.50. The van der Waals surface area contributed by atoms with Gasteiger partial charge in [-0.2, -0.15) is 0 Å². The Balaban J connectivity index is 3.01. The lowest BCUT2D eigenvalue weighted by atomic mass is 9.88. The summed E-state index contributed by atoms with van der Waals surface area (Å²) < 4.78 is 23.7. The average Bonchev–Trinajstić information content (AvgIpc) is 2.67. The first-order valence-corrected chi connectivity index (χ1v) is 11.2. The van der Waals surface area contributed by atoms with Crippen molar-refractivity contribution in [2.45, 2.75) is 104 Å². The third-order valence-corrected chi connectivity index (χ3v) is 6.23. The molecule has 4 heteroatoms. The van der Waals surface area contributed by atoms with Crippen LogP contribution >= 0.6 is 0 Å². The van der Waals surface area contributed by atoms with Gasteiger partial charge in [-0.15, -0.1) is 0 Å². The molecule has 0 spiro atoms. The topological polar surface area (TPSA) is 36.9 Å². The molecule has 0 atom stereocenters. The number of benzene rings is 1. The highest BCUT2D eigenvalue weighted by atomic mass is 16.5. The van der Waals surface area contributed by atoms with E-state index in [0.717, 1.165) is 19.3 Å². The molecule has 1 rings (SSSR count). The molecule has 0 unspecified atom stereocenters. The molecule has 1 aromatic carbocycles. The maximum atomic E-state index is 6.32. The van der Waals surface area contributed by atoms with Gasteiger partial charge in [0.05, 0.1) is 35.6 Å². The van der Waals surface area contributed by atoms with Crippen molar-refractivity contribution in [2.75, 3.05) is 27.4 Å². The lowest BCUT2D eigenvalue weighted by molar-refractivity contribution is -0.0635. The Morgan fingerprint density at radius 3 is 1.30 bits per heavy atom. The number of methoxy groups -OCH3 is 2. The van der Waals surface area contributed by atoms with Crippen molar-refractivity contribution in [1.82, 2.24) is 0 Å². The fourth-order valence-corrected chi connectivity index (χ4v) is 3.07. The molecule has 0 bridgehead atoms. The van der Waals surface area contributed by atoms with E-state index in [9.17, 15) is 0 Å². The van der Waals surface area contributed by atoms with Crippen LogP contribution < -0.4 is 0 Å². The summed E-state index contributed by atoms with van der Waals surface area (Å²) >= 11 is 0. The summed E-state index contributed by atoms with van der Waals surface area (Å²) in [5.74, 6) is 0. The summed E-state index contributed by atoms with van der Waals surface area (Å²) in [4.78, 5) is 0. The number of hydrogen-bond donors (Lipinski definition) is 0. The van der Waals surface area contributed by atoms with E-state index < -0.39 is 11.2 Å². The SMILES string of the molecule is CCc1cc(C(C)(C)OCCC(C)(C)OC)cc(C(C)(C)OCCC(C)(C)OC)c1. The molecule has 0 aliphatic rings. The molecule has 0 fully saturated rings. The minimum absolute atomic E-state index is 0.182. The number of hydrogen-bond acceptors (Lipinski definition) is 4. The van der Waals surface area contributed by atoms with Crippen molar-refractivity contribution in [1.29, 1.82) is 0 Å². The van der Waals surface area contributed by atoms with E-state index in [4.69, 9.17) is 18.9 Å². The normalized spacial score (nSPS) is 13.7. The maximum absolute atomic E-state index is 6.32. The van der Waals surface area contributed by atoms with Crippen LogP contribution in [0, 0.1) is 0 Å². The fraction of sp³-hybridized carbons (Fsp3) is 0.769. The summed E-state index contributed by atoms with van der Waals surface area (Å²) in [6, 6.07) is 6.76. The average molecular weight is 423 g/mol. The minimum Gasteiger partial charge on any atom is -0.379 e. The molecule has 0 aliphatic heterocycles. The van der Waals surface area contributed by atoms with E-state index >= 15 is 0 Å². The van der Waals surface area contributed by atoms with Crippen LogP contribution in [0.25, 0.3) is 0 Å². The Hall–Kier alpha value is -0.940. The van der Waals surface area contributed by atoms with Crippen LogP contribution in [0.2, 0.25) is 0 Å². The Labute approximate surface area is 185 Å². The number of ether oxygens (including phenoxy) is 4. The molecule has 0 heterocycles. The van der Waals surface area contributed by atoms with Crippen LogP contribution in [0.15, 0.2) is 18.2 Å². The molecule has 0 saturated heterocycles. The Morgan fingerprint density at radius 2 is 1.00 bits per heavy atom. The van der Waals surface area contributed by atoms with E-state index in [1.54, 1.807) is 14.2 Å². The second kappa shape index (κ2) is 10.6. The van der Waals surface area contributed by atoms with Crippen LogP contribution in [-0.4, -0.2) is 38.6 Å². The second-order valence-electron chi connectivity index (χ2n) is 10.4. The molecular formula is C26H46O4. The van der Waals surface area contributed by atoms with Gasteiger partial charge >= 0.3 is 0 Å². The summed E-state index contributed by atoms with van der Waals surface area (Å²) in [5, 5.41) is 0. The summed E-state index contributed by atoms with van der Waals surface area (Å²) in [5.41, 5.74) is 2.51. The molecule has 0 aliphatic carbocycles. The zero-order chi connectivity index (χ0) is 23.2. The van der Waals surface area contributed by atoms with Crippen molar-refractivity contribution < 1.29 is 18.9 Å². The van der Waals surface area contributed by atoms with Gasteiger partial charge in [-0.1, -0.05) is 25.1 Å². The van der Waals surface area contributed by atoms with Crippen LogP contribution in [0.5, 0.6) is 0 Å². The smallest absolute Gasteiger partial charge is 0.0875 e. The Kier molecular flexibility index (Phi) is 9.56. The van der Waals surface area contributed by atoms with Crippen LogP contribution in [0.1, 0.15) is 91.8 Å². The maximum Gasteiger partial charge on any atom is 0.0875 e. The highest BCUT2D eigenvalue weighted by Crippen LogP contribution is 2.33. The Bertz CT molecular complexity index is 607. The molecule has 174 valence electrons. The van der Waals surface area contributed by atoms with Crippen molar-refractivity contribution in [2.24, 2.45) is 0 Å². The first kappa shape index (κ1) is 27.1. The van der Waals surface area contributed by atoms with Gasteiger partial charge in [0.2, 0.25) is 0 Å². The van der Waals surface area contributed by atoms with Gasteiger partial charge in [0.1, 0.15) is 0 Å². The van der Waals surface area contributed by atoms with E-state index in [0.29, 0.717) is 13.2 Å². The van der Waals surface area contributed by atoms with Crippen LogP contribution in [0.3, 0.4) is 0 Å². The molecule has 0 radical (unpaired) electrons. The van der Waals surface area contributed by atoms with E-state index in [2.05, 4.69) is 80.5 Å². The van der Waals surface area contributed by atoms with Crippen LogP contribution in [0.4, 0.5) is 0 Å². The molecule has 1 aromatic rings. The van der Waals surface area contributed by atoms with Gasteiger partial charge in [-0.3, -0.25) is 0 Å². The van der Waals surface area contributed by atoms with Gasteiger partial charge < -0.3 is 18.9 Å². The molecule has 30 heavy (non-hydrogen) atoms. The van der Waals surface area contributed by atoms with Crippen LogP contribution in [-0.2, 0) is 36.6 Å². The van der Waals surface area contributed by atoms with Crippen molar-refractivity contribution in [3.8, 4) is 0 Å². The van der Waals surface area contributed by atoms with Gasteiger partial charge in [-0.25, -0.2) is 0 Å². The highest BCUT2D eigenvalue weighted by molar-refractivity contribution is 5.36. The lowest BCUT2D eigenvalue weighted by Gasteiger charge is -2.33. The quantitative estimate of drug-likeness (QED) is 0.369. The third kappa shape index (κ3) is 8.30. The summed E-state index contributed by atoms with van der Waals surface area (Å²) in [6.45, 7) is 20.4. The van der Waals surface area contributed by atoms with Crippen molar-refractivity contribution in [3.63, 3.8) is 0 Å². The third-order valence-electron chi connectivity index (χ3n) is 6.23. The lowest BCUT2D eigenvalue weighted by Crippen LogP contribution is -2.30. The number of aryl methyl sites for hydroxylation is 1. The first-order chi connectivity index (χ1) is 13.7. The van der Waals surface area contributed by atoms with Crippen molar-refractivity contribution >= 4 is 0 Å². The summed E-state index contributed by atoms with van der Waals surface area (Å²) in [6.07, 6.45) is 2.66. The van der Waals surface area contributed by atoms with Gasteiger partial charge in [0.25, 0.3) is 0 Å². The van der Waals surface area contributed by atoms with E-state index in [-0.39, 0.29) is 11.2 Å². The zero-order valence-electron chi connectivity index (χ0n) is 21.4. The molecule has 0 aromatic heterocycles. The fourth-order valence-electron chi connectivity index (χ4n) is 3.07. The van der Waals surface area contributed by atoms with Crippen molar-refractivity contribution in [3.05, 3.63) is 34.9 Å². The van der Waals surface area contributed by atoms with Gasteiger partial charge in [0, 0.05) is 14.2 Å². The molecular weight excluding hydrogens is 376 g/mol. The van der Waals surface area contributed by atoms with Gasteiger partial charge in [-0.05, 0) is 91.3 Å². The monoisotopic (exact) mass is 422 g/mol. The van der Waals surface area contributed by atoms with Gasteiger partial charge in [0.15, 0.2) is 0 Å².